The minimum absolute atomic E-state index is 0.0324. The van der Waals surface area contributed by atoms with E-state index in [2.05, 4.69) is 22.1 Å². The van der Waals surface area contributed by atoms with Crippen molar-refractivity contribution < 1.29 is 13.2 Å². The van der Waals surface area contributed by atoms with Crippen molar-refractivity contribution in [1.29, 1.82) is 0 Å². The maximum atomic E-state index is 12.0. The third-order valence-electron chi connectivity index (χ3n) is 5.45. The minimum Gasteiger partial charge on any atom is -0.377 e. The first kappa shape index (κ1) is 21.7. The fourth-order valence-electron chi connectivity index (χ4n) is 4.02. The van der Waals surface area contributed by atoms with Crippen LogP contribution in [0.5, 0.6) is 0 Å². The van der Waals surface area contributed by atoms with Crippen LogP contribution in [0.2, 0.25) is 0 Å². The molecule has 0 radical (unpaired) electrons. The topological polar surface area (TPSA) is 100 Å². The molecule has 0 bridgehead atoms. The molecule has 166 valence electrons. The molecule has 8 nitrogen and oxygen atoms in total. The normalized spacial score (nSPS) is 17.4. The monoisotopic (exact) mass is 443 g/mol. The van der Waals surface area contributed by atoms with Gasteiger partial charge in [-0.1, -0.05) is 6.92 Å². The second kappa shape index (κ2) is 8.94. The van der Waals surface area contributed by atoms with Crippen LogP contribution in [0.15, 0.2) is 30.3 Å². The van der Waals surface area contributed by atoms with Crippen LogP contribution in [-0.2, 0) is 26.9 Å². The molecule has 0 aromatic carbocycles. The van der Waals surface area contributed by atoms with Gasteiger partial charge in [0.05, 0.1) is 47.4 Å². The summed E-state index contributed by atoms with van der Waals surface area (Å²) in [5.74, 6) is 0.744. The Hall–Kier alpha value is -2.49. The molecule has 4 rings (SSSR count). The number of nitrogens with one attached hydrogen (secondary N) is 2. The lowest BCUT2D eigenvalue weighted by Crippen LogP contribution is -2.45. The highest BCUT2D eigenvalue weighted by Gasteiger charge is 2.24. The van der Waals surface area contributed by atoms with E-state index in [-0.39, 0.29) is 11.8 Å². The maximum Gasteiger partial charge on any atom is 0.151 e. The van der Waals surface area contributed by atoms with Crippen LogP contribution >= 0.6 is 0 Å². The number of morpholine rings is 1. The van der Waals surface area contributed by atoms with Gasteiger partial charge in [0.2, 0.25) is 0 Å². The van der Waals surface area contributed by atoms with Crippen molar-refractivity contribution in [3.8, 4) is 11.4 Å². The molecule has 0 unspecified atom stereocenters. The summed E-state index contributed by atoms with van der Waals surface area (Å²) in [5, 5.41) is 3.13. The van der Waals surface area contributed by atoms with Gasteiger partial charge in [-0.15, -0.1) is 0 Å². The lowest BCUT2D eigenvalue weighted by Gasteiger charge is -2.36. The van der Waals surface area contributed by atoms with Crippen molar-refractivity contribution in [1.82, 2.24) is 20.3 Å². The number of pyridine rings is 2. The molecule has 0 spiro atoms. The molecule has 0 amide bonds. The summed E-state index contributed by atoms with van der Waals surface area (Å²) in [5.41, 5.74) is 4.99. The van der Waals surface area contributed by atoms with Crippen LogP contribution in [0.3, 0.4) is 0 Å². The standard InChI is InChI=1S/C22H29N5O3S/c1-4-17-13-30-8-7-27(17)22-10-15(14-31(3,28)29)9-20(26-22)19-6-5-18-21(25-19)11-16(24-18)12-23-2/h5-6,9-11,17,23-24H,4,7-8,12-14H2,1-3H3/t17-/m1/s1. The summed E-state index contributed by atoms with van der Waals surface area (Å²) in [6.07, 6.45) is 2.18. The van der Waals surface area contributed by atoms with Gasteiger partial charge in [-0.25, -0.2) is 18.4 Å². The van der Waals surface area contributed by atoms with Gasteiger partial charge in [-0.3, -0.25) is 0 Å². The Balaban J connectivity index is 1.78. The Morgan fingerprint density at radius 1 is 1.23 bits per heavy atom. The molecule has 1 saturated heterocycles. The number of nitrogens with zero attached hydrogens (tertiary/aromatic N) is 3. The first-order valence-corrected chi connectivity index (χ1v) is 12.6. The molecule has 31 heavy (non-hydrogen) atoms. The van der Waals surface area contributed by atoms with Gasteiger partial charge in [-0.2, -0.15) is 0 Å². The van der Waals surface area contributed by atoms with Crippen molar-refractivity contribution in [2.75, 3.05) is 38.0 Å². The van der Waals surface area contributed by atoms with Crippen LogP contribution in [-0.4, -0.2) is 62.5 Å². The summed E-state index contributed by atoms with van der Waals surface area (Å²) in [4.78, 5) is 15.3. The van der Waals surface area contributed by atoms with E-state index < -0.39 is 9.84 Å². The first-order valence-electron chi connectivity index (χ1n) is 10.5. The second-order valence-electron chi connectivity index (χ2n) is 8.07. The fourth-order valence-corrected chi connectivity index (χ4v) is 4.80. The maximum absolute atomic E-state index is 12.0. The summed E-state index contributed by atoms with van der Waals surface area (Å²) in [7, 11) is -1.28. The van der Waals surface area contributed by atoms with Gasteiger partial charge in [0.1, 0.15) is 5.82 Å². The van der Waals surface area contributed by atoms with Crippen LogP contribution in [0, 0.1) is 0 Å². The summed E-state index contributed by atoms with van der Waals surface area (Å²) >= 11 is 0. The van der Waals surface area contributed by atoms with E-state index in [1.807, 2.05) is 37.4 Å². The second-order valence-corrected chi connectivity index (χ2v) is 10.2. The molecule has 3 aromatic heterocycles. The Bertz CT molecular complexity index is 1180. The number of aromatic nitrogens is 3. The number of H-pyrrole nitrogens is 1. The van der Waals surface area contributed by atoms with Gasteiger partial charge in [-0.05, 0) is 49.4 Å². The molecule has 2 N–H and O–H groups in total. The number of rotatable bonds is 7. The zero-order valence-corrected chi connectivity index (χ0v) is 19.0. The zero-order chi connectivity index (χ0) is 22.0. The molecule has 1 fully saturated rings. The van der Waals surface area contributed by atoms with E-state index >= 15 is 0 Å². The highest BCUT2D eigenvalue weighted by Crippen LogP contribution is 2.27. The molecule has 0 aliphatic carbocycles. The van der Waals surface area contributed by atoms with E-state index in [1.54, 1.807) is 0 Å². The van der Waals surface area contributed by atoms with Gasteiger partial charge >= 0.3 is 0 Å². The summed E-state index contributed by atoms with van der Waals surface area (Å²) in [6, 6.07) is 9.87. The Labute approximate surface area is 183 Å². The number of hydrogen-bond acceptors (Lipinski definition) is 7. The zero-order valence-electron chi connectivity index (χ0n) is 18.2. The molecule has 0 saturated carbocycles. The number of ether oxygens (including phenoxy) is 1. The lowest BCUT2D eigenvalue weighted by molar-refractivity contribution is 0.0926. The quantitative estimate of drug-likeness (QED) is 0.579. The van der Waals surface area contributed by atoms with Crippen molar-refractivity contribution in [2.24, 2.45) is 0 Å². The van der Waals surface area contributed by atoms with Gasteiger partial charge in [0.25, 0.3) is 0 Å². The van der Waals surface area contributed by atoms with E-state index in [0.717, 1.165) is 53.3 Å². The fraction of sp³-hybridized carbons (Fsp3) is 0.455. The van der Waals surface area contributed by atoms with Crippen molar-refractivity contribution in [2.45, 2.75) is 31.7 Å². The van der Waals surface area contributed by atoms with Crippen LogP contribution < -0.4 is 10.2 Å². The number of aromatic amines is 1. The van der Waals surface area contributed by atoms with Gasteiger partial charge in [0, 0.05) is 25.0 Å². The van der Waals surface area contributed by atoms with E-state index in [4.69, 9.17) is 14.7 Å². The van der Waals surface area contributed by atoms with E-state index in [1.165, 1.54) is 6.26 Å². The smallest absolute Gasteiger partial charge is 0.151 e. The van der Waals surface area contributed by atoms with Gasteiger partial charge in [0.15, 0.2) is 9.84 Å². The Morgan fingerprint density at radius 3 is 2.81 bits per heavy atom. The SMILES string of the molecule is CC[C@@H]1COCCN1c1cc(CS(C)(=O)=O)cc(-c2ccc3[nH]c(CNC)cc3n2)n1. The van der Waals surface area contributed by atoms with Crippen LogP contribution in [0.25, 0.3) is 22.4 Å². The molecular weight excluding hydrogens is 414 g/mol. The third kappa shape index (κ3) is 5.06. The number of sulfone groups is 1. The van der Waals surface area contributed by atoms with Gasteiger partial charge < -0.3 is 19.9 Å². The van der Waals surface area contributed by atoms with Crippen molar-refractivity contribution in [3.63, 3.8) is 0 Å². The average molecular weight is 444 g/mol. The first-order chi connectivity index (χ1) is 14.9. The number of anilines is 1. The molecule has 3 aromatic rings. The Morgan fingerprint density at radius 2 is 2.06 bits per heavy atom. The molecular formula is C22H29N5O3S. The molecule has 9 heteroatoms. The number of fused-ring (bicyclic) bond motifs is 1. The van der Waals surface area contributed by atoms with Crippen molar-refractivity contribution >= 4 is 26.7 Å². The molecule has 1 atom stereocenters. The minimum atomic E-state index is -3.18. The predicted octanol–water partition coefficient (Wildman–Crippen LogP) is 2.50. The number of hydrogen-bond donors (Lipinski definition) is 2. The molecule has 4 heterocycles. The molecule has 1 aliphatic rings. The van der Waals surface area contributed by atoms with E-state index in [0.29, 0.717) is 18.9 Å². The average Bonchev–Trinajstić information content (AvgIpc) is 3.14. The van der Waals surface area contributed by atoms with Crippen molar-refractivity contribution in [3.05, 3.63) is 41.6 Å². The molecule has 1 aliphatic heterocycles. The Kier molecular flexibility index (Phi) is 6.27. The van der Waals surface area contributed by atoms with Crippen LogP contribution in [0.1, 0.15) is 24.6 Å². The highest BCUT2D eigenvalue weighted by molar-refractivity contribution is 7.89. The van der Waals surface area contributed by atoms with Crippen LogP contribution in [0.4, 0.5) is 5.82 Å². The summed E-state index contributed by atoms with van der Waals surface area (Å²) < 4.78 is 29.7. The highest BCUT2D eigenvalue weighted by atomic mass is 32.2. The van der Waals surface area contributed by atoms with E-state index in [9.17, 15) is 8.42 Å². The lowest BCUT2D eigenvalue weighted by atomic mass is 10.1. The largest absolute Gasteiger partial charge is 0.377 e. The third-order valence-corrected chi connectivity index (χ3v) is 6.31. The predicted molar refractivity (Wildman–Crippen MR) is 123 cm³/mol. The summed E-state index contributed by atoms with van der Waals surface area (Å²) in [6.45, 7) is 4.85.